The molecule has 0 bridgehead atoms. The van der Waals surface area contributed by atoms with Crippen LogP contribution in [-0.2, 0) is 0 Å². The lowest BCUT2D eigenvalue weighted by atomic mass is 10.1. The maximum atomic E-state index is 12.0. The molecule has 6 nitrogen and oxygen atoms in total. The third-order valence-corrected chi connectivity index (χ3v) is 2.61. The van der Waals surface area contributed by atoms with Crippen molar-refractivity contribution in [2.45, 2.75) is 32.7 Å². The molecule has 1 rings (SSSR count). The van der Waals surface area contributed by atoms with Crippen LogP contribution in [0.2, 0.25) is 0 Å². The summed E-state index contributed by atoms with van der Waals surface area (Å²) >= 11 is 0. The van der Waals surface area contributed by atoms with Gasteiger partial charge in [-0.2, -0.15) is 0 Å². The molecule has 0 fully saturated rings. The molecule has 0 saturated carbocycles. The summed E-state index contributed by atoms with van der Waals surface area (Å²) in [6.07, 6.45) is 3.05. The van der Waals surface area contributed by atoms with Crippen LogP contribution in [0.4, 0.5) is 0 Å². The number of nitrogens with two attached hydrogens (primary N) is 1. The summed E-state index contributed by atoms with van der Waals surface area (Å²) < 4.78 is 0. The van der Waals surface area contributed by atoms with E-state index in [-0.39, 0.29) is 11.7 Å². The largest absolute Gasteiger partial charge is 0.409 e. The van der Waals surface area contributed by atoms with Crippen LogP contribution in [0.3, 0.4) is 0 Å². The Bertz CT molecular complexity index is 445. The van der Waals surface area contributed by atoms with Gasteiger partial charge in [-0.3, -0.25) is 9.78 Å². The van der Waals surface area contributed by atoms with Crippen molar-refractivity contribution in [1.82, 2.24) is 10.3 Å². The third-order valence-electron chi connectivity index (χ3n) is 2.61. The summed E-state index contributed by atoms with van der Waals surface area (Å²) in [6, 6.07) is 2.92. The van der Waals surface area contributed by atoms with E-state index in [1.54, 1.807) is 25.3 Å². The monoisotopic (exact) mass is 250 g/mol. The molecule has 1 unspecified atom stereocenters. The molecular formula is C12H18N4O2. The normalized spacial score (nSPS) is 13.1. The minimum Gasteiger partial charge on any atom is -0.409 e. The van der Waals surface area contributed by atoms with E-state index in [1.807, 2.05) is 6.92 Å². The van der Waals surface area contributed by atoms with E-state index >= 15 is 0 Å². The van der Waals surface area contributed by atoms with Crippen molar-refractivity contribution >= 4 is 11.7 Å². The van der Waals surface area contributed by atoms with Crippen molar-refractivity contribution in [1.29, 1.82) is 0 Å². The Morgan fingerprint density at radius 3 is 2.94 bits per heavy atom. The Morgan fingerprint density at radius 2 is 2.39 bits per heavy atom. The number of pyridine rings is 1. The molecule has 0 aliphatic heterocycles. The lowest BCUT2D eigenvalue weighted by Gasteiger charge is -2.17. The third kappa shape index (κ3) is 3.44. The number of nitrogens with one attached hydrogen (secondary N) is 1. The molecule has 18 heavy (non-hydrogen) atoms. The summed E-state index contributed by atoms with van der Waals surface area (Å²) in [4.78, 5) is 16.1. The van der Waals surface area contributed by atoms with Crippen LogP contribution in [0, 0.1) is 6.92 Å². The van der Waals surface area contributed by atoms with Gasteiger partial charge in [0.1, 0.15) is 0 Å². The summed E-state index contributed by atoms with van der Waals surface area (Å²) in [5.41, 5.74) is 6.67. The van der Waals surface area contributed by atoms with E-state index < -0.39 is 6.04 Å². The van der Waals surface area contributed by atoms with E-state index in [1.165, 1.54) is 0 Å². The zero-order valence-corrected chi connectivity index (χ0v) is 10.6. The minimum atomic E-state index is -0.466. The number of hydrogen-bond acceptors (Lipinski definition) is 4. The van der Waals surface area contributed by atoms with Gasteiger partial charge < -0.3 is 16.3 Å². The zero-order valence-electron chi connectivity index (χ0n) is 10.6. The SMILES string of the molecule is CCCC(NC(=O)c1cccnc1C)C(N)=NO. The number of carbonyl (C=O) groups excluding carboxylic acids is 1. The summed E-state index contributed by atoms with van der Waals surface area (Å²) in [5, 5.41) is 14.3. The Kier molecular flexibility index (Phi) is 5.10. The highest BCUT2D eigenvalue weighted by Crippen LogP contribution is 2.05. The van der Waals surface area contributed by atoms with Crippen LogP contribution in [-0.4, -0.2) is 28.0 Å². The maximum absolute atomic E-state index is 12.0. The Hall–Kier alpha value is -2.11. The topological polar surface area (TPSA) is 101 Å². The molecule has 0 spiro atoms. The fourth-order valence-electron chi connectivity index (χ4n) is 1.61. The van der Waals surface area contributed by atoms with Gasteiger partial charge in [0.25, 0.3) is 5.91 Å². The molecule has 4 N–H and O–H groups in total. The fraction of sp³-hybridized carbons (Fsp3) is 0.417. The predicted molar refractivity (Wildman–Crippen MR) is 68.5 cm³/mol. The molecule has 98 valence electrons. The number of carbonyl (C=O) groups is 1. The standard InChI is InChI=1S/C12H18N4O2/c1-3-5-10(11(13)16-18)15-12(17)9-6-4-7-14-8(9)2/h4,6-7,10,18H,3,5H2,1-2H3,(H2,13,16)(H,15,17). The number of nitrogens with zero attached hydrogens (tertiary/aromatic N) is 2. The molecule has 0 aromatic carbocycles. The molecule has 1 amide bonds. The molecule has 0 aliphatic rings. The number of hydrogen-bond donors (Lipinski definition) is 3. The van der Waals surface area contributed by atoms with Crippen LogP contribution < -0.4 is 11.1 Å². The lowest BCUT2D eigenvalue weighted by molar-refractivity contribution is 0.0944. The average Bonchev–Trinajstić information content (AvgIpc) is 2.37. The first-order valence-electron chi connectivity index (χ1n) is 5.80. The van der Waals surface area contributed by atoms with Gasteiger partial charge in [-0.1, -0.05) is 18.5 Å². The van der Waals surface area contributed by atoms with E-state index in [9.17, 15) is 4.79 Å². The summed E-state index contributed by atoms with van der Waals surface area (Å²) in [6.45, 7) is 3.71. The van der Waals surface area contributed by atoms with Gasteiger partial charge in [-0.15, -0.1) is 0 Å². The molecule has 0 aliphatic carbocycles. The summed E-state index contributed by atoms with van der Waals surface area (Å²) in [5.74, 6) is -0.266. The van der Waals surface area contributed by atoms with Crippen LogP contribution in [0.1, 0.15) is 35.8 Å². The highest BCUT2D eigenvalue weighted by atomic mass is 16.4. The number of oxime groups is 1. The van der Waals surface area contributed by atoms with Gasteiger partial charge in [0.05, 0.1) is 11.6 Å². The Morgan fingerprint density at radius 1 is 1.67 bits per heavy atom. The Balaban J connectivity index is 2.82. The van der Waals surface area contributed by atoms with Gasteiger partial charge in [0, 0.05) is 11.9 Å². The predicted octanol–water partition coefficient (Wildman–Crippen LogP) is 1.03. The second-order valence-corrected chi connectivity index (χ2v) is 3.98. The van der Waals surface area contributed by atoms with Crippen molar-refractivity contribution < 1.29 is 10.0 Å². The number of aromatic nitrogens is 1. The van der Waals surface area contributed by atoms with Crippen LogP contribution in [0.15, 0.2) is 23.5 Å². The molecular weight excluding hydrogens is 232 g/mol. The molecule has 1 aromatic rings. The van der Waals surface area contributed by atoms with E-state index in [0.717, 1.165) is 6.42 Å². The van der Waals surface area contributed by atoms with Gasteiger partial charge in [0.2, 0.25) is 0 Å². The molecule has 1 atom stereocenters. The smallest absolute Gasteiger partial charge is 0.253 e. The summed E-state index contributed by atoms with van der Waals surface area (Å²) in [7, 11) is 0. The number of rotatable bonds is 5. The first-order chi connectivity index (χ1) is 8.60. The van der Waals surface area contributed by atoms with Crippen LogP contribution >= 0.6 is 0 Å². The Labute approximate surface area is 106 Å². The van der Waals surface area contributed by atoms with Gasteiger partial charge in [-0.05, 0) is 25.5 Å². The molecule has 6 heteroatoms. The maximum Gasteiger partial charge on any atom is 0.253 e. The fourth-order valence-corrected chi connectivity index (χ4v) is 1.61. The van der Waals surface area contributed by atoms with E-state index in [0.29, 0.717) is 17.7 Å². The van der Waals surface area contributed by atoms with Crippen molar-refractivity contribution in [3.05, 3.63) is 29.6 Å². The van der Waals surface area contributed by atoms with Crippen molar-refractivity contribution in [2.75, 3.05) is 0 Å². The van der Waals surface area contributed by atoms with Crippen molar-refractivity contribution in [3.8, 4) is 0 Å². The second kappa shape index (κ2) is 6.58. The van der Waals surface area contributed by atoms with Crippen LogP contribution in [0.25, 0.3) is 0 Å². The molecule has 0 saturated heterocycles. The number of aryl methyl sites for hydroxylation is 1. The van der Waals surface area contributed by atoms with Crippen molar-refractivity contribution in [3.63, 3.8) is 0 Å². The first kappa shape index (κ1) is 14.0. The van der Waals surface area contributed by atoms with Gasteiger partial charge in [-0.25, -0.2) is 0 Å². The zero-order chi connectivity index (χ0) is 13.5. The van der Waals surface area contributed by atoms with Gasteiger partial charge >= 0.3 is 0 Å². The first-order valence-corrected chi connectivity index (χ1v) is 5.80. The minimum absolute atomic E-state index is 0.00624. The van der Waals surface area contributed by atoms with E-state index in [4.69, 9.17) is 10.9 Å². The highest BCUT2D eigenvalue weighted by molar-refractivity contribution is 5.98. The lowest BCUT2D eigenvalue weighted by Crippen LogP contribution is -2.44. The van der Waals surface area contributed by atoms with Crippen molar-refractivity contribution in [2.24, 2.45) is 10.9 Å². The number of amides is 1. The molecule has 0 radical (unpaired) electrons. The van der Waals surface area contributed by atoms with E-state index in [2.05, 4.69) is 15.5 Å². The number of amidine groups is 1. The molecule has 1 aromatic heterocycles. The van der Waals surface area contributed by atoms with Gasteiger partial charge in [0.15, 0.2) is 5.84 Å². The average molecular weight is 250 g/mol. The highest BCUT2D eigenvalue weighted by Gasteiger charge is 2.18. The quantitative estimate of drug-likeness (QED) is 0.314. The second-order valence-electron chi connectivity index (χ2n) is 3.98. The molecule has 1 heterocycles. The van der Waals surface area contributed by atoms with Crippen LogP contribution in [0.5, 0.6) is 0 Å².